The van der Waals surface area contributed by atoms with Crippen molar-refractivity contribution in [3.63, 3.8) is 0 Å². The Labute approximate surface area is 190 Å². The van der Waals surface area contributed by atoms with Crippen LogP contribution in [-0.4, -0.2) is 26.2 Å². The SMILES string of the molecule is Cc1ccc(NC(=O)CSc2nc3c(-c4ccccc4)c[nH]c3c(=O)n2C2CC2)c(C)c1. The van der Waals surface area contributed by atoms with Crippen LogP contribution in [0.15, 0.2) is 64.7 Å². The van der Waals surface area contributed by atoms with Crippen molar-refractivity contribution in [1.29, 1.82) is 0 Å². The second kappa shape index (κ2) is 8.31. The zero-order chi connectivity index (χ0) is 22.2. The first-order valence-corrected chi connectivity index (χ1v) is 11.7. The molecule has 2 aromatic heterocycles. The van der Waals surface area contributed by atoms with Crippen LogP contribution in [0.3, 0.4) is 0 Å². The summed E-state index contributed by atoms with van der Waals surface area (Å²) in [5.74, 6) is 0.0688. The molecule has 0 aliphatic heterocycles. The van der Waals surface area contributed by atoms with Gasteiger partial charge < -0.3 is 10.3 Å². The van der Waals surface area contributed by atoms with E-state index in [1.807, 2.05) is 68.6 Å². The lowest BCUT2D eigenvalue weighted by Gasteiger charge is -2.12. The Morgan fingerprint density at radius 2 is 1.97 bits per heavy atom. The van der Waals surface area contributed by atoms with Gasteiger partial charge in [0.1, 0.15) is 11.0 Å². The minimum absolute atomic E-state index is 0.0723. The van der Waals surface area contributed by atoms with Gasteiger partial charge in [-0.05, 0) is 43.9 Å². The number of aromatic amines is 1. The average Bonchev–Trinajstić information content (AvgIpc) is 3.53. The molecule has 2 heterocycles. The summed E-state index contributed by atoms with van der Waals surface area (Å²) in [6, 6.07) is 16.0. The summed E-state index contributed by atoms with van der Waals surface area (Å²) in [4.78, 5) is 33.9. The molecule has 5 rings (SSSR count). The van der Waals surface area contributed by atoms with Gasteiger partial charge in [0.15, 0.2) is 5.16 Å². The molecule has 2 N–H and O–H groups in total. The topological polar surface area (TPSA) is 79.8 Å². The highest BCUT2D eigenvalue weighted by molar-refractivity contribution is 7.99. The number of carbonyl (C=O) groups excluding carboxylic acids is 1. The second-order valence-corrected chi connectivity index (χ2v) is 9.19. The summed E-state index contributed by atoms with van der Waals surface area (Å²) in [6.07, 6.45) is 3.76. The van der Waals surface area contributed by atoms with E-state index in [0.29, 0.717) is 16.2 Å². The Hall–Kier alpha value is -3.32. The van der Waals surface area contributed by atoms with E-state index >= 15 is 0 Å². The molecule has 1 aliphatic rings. The molecule has 0 atom stereocenters. The minimum Gasteiger partial charge on any atom is -0.355 e. The third-order valence-corrected chi connectivity index (χ3v) is 6.64. The number of anilines is 1. The van der Waals surface area contributed by atoms with Crippen molar-refractivity contribution < 1.29 is 4.79 Å². The van der Waals surface area contributed by atoms with Crippen LogP contribution in [0.25, 0.3) is 22.2 Å². The third kappa shape index (κ3) is 3.96. The van der Waals surface area contributed by atoms with Crippen molar-refractivity contribution in [3.05, 3.63) is 76.2 Å². The molecule has 6 nitrogen and oxygen atoms in total. The molecule has 1 aliphatic carbocycles. The number of amides is 1. The second-order valence-electron chi connectivity index (χ2n) is 8.25. The molecule has 0 unspecified atom stereocenters. The van der Waals surface area contributed by atoms with E-state index < -0.39 is 0 Å². The van der Waals surface area contributed by atoms with Crippen LogP contribution in [0.1, 0.15) is 30.0 Å². The zero-order valence-corrected chi connectivity index (χ0v) is 18.8. The predicted octanol–water partition coefficient (Wildman–Crippen LogP) is 5.07. The first-order valence-electron chi connectivity index (χ1n) is 10.7. The van der Waals surface area contributed by atoms with Crippen LogP contribution in [0.4, 0.5) is 5.69 Å². The van der Waals surface area contributed by atoms with Crippen molar-refractivity contribution in [1.82, 2.24) is 14.5 Å². The Balaban J connectivity index is 1.45. The number of aryl methyl sites for hydroxylation is 2. The Morgan fingerprint density at radius 3 is 2.69 bits per heavy atom. The van der Waals surface area contributed by atoms with E-state index in [1.165, 1.54) is 11.8 Å². The molecule has 32 heavy (non-hydrogen) atoms. The predicted molar refractivity (Wildman–Crippen MR) is 129 cm³/mol. The number of H-pyrrole nitrogens is 1. The molecular weight excluding hydrogens is 420 g/mol. The summed E-state index contributed by atoms with van der Waals surface area (Å²) in [5, 5.41) is 3.57. The first kappa shape index (κ1) is 20.6. The highest BCUT2D eigenvalue weighted by atomic mass is 32.2. The van der Waals surface area contributed by atoms with E-state index in [-0.39, 0.29) is 23.3 Å². The van der Waals surface area contributed by atoms with Crippen molar-refractivity contribution in [3.8, 4) is 11.1 Å². The third-order valence-electron chi connectivity index (χ3n) is 5.68. The average molecular weight is 445 g/mol. The monoisotopic (exact) mass is 444 g/mol. The van der Waals surface area contributed by atoms with Crippen LogP contribution in [0.2, 0.25) is 0 Å². The number of thioether (sulfide) groups is 1. The number of nitrogens with one attached hydrogen (secondary N) is 2. The van der Waals surface area contributed by atoms with Gasteiger partial charge in [-0.3, -0.25) is 14.2 Å². The normalized spacial score (nSPS) is 13.4. The minimum atomic E-state index is -0.115. The lowest BCUT2D eigenvalue weighted by atomic mass is 10.1. The Kier molecular flexibility index (Phi) is 5.35. The first-order chi connectivity index (χ1) is 15.5. The van der Waals surface area contributed by atoms with Crippen molar-refractivity contribution in [2.75, 3.05) is 11.1 Å². The maximum absolute atomic E-state index is 13.3. The van der Waals surface area contributed by atoms with E-state index in [2.05, 4.69) is 10.3 Å². The molecule has 2 aromatic carbocycles. The van der Waals surface area contributed by atoms with Gasteiger partial charge in [0, 0.05) is 23.5 Å². The molecule has 1 fully saturated rings. The molecule has 7 heteroatoms. The molecule has 0 bridgehead atoms. The van der Waals surface area contributed by atoms with Gasteiger partial charge in [-0.25, -0.2) is 4.98 Å². The van der Waals surface area contributed by atoms with E-state index in [9.17, 15) is 9.59 Å². The molecule has 0 spiro atoms. The van der Waals surface area contributed by atoms with E-state index in [4.69, 9.17) is 4.98 Å². The van der Waals surface area contributed by atoms with Gasteiger partial charge >= 0.3 is 0 Å². The van der Waals surface area contributed by atoms with Crippen LogP contribution in [-0.2, 0) is 4.79 Å². The van der Waals surface area contributed by atoms with Crippen molar-refractivity contribution in [2.45, 2.75) is 37.9 Å². The number of aromatic nitrogens is 3. The summed E-state index contributed by atoms with van der Waals surface area (Å²) in [5.41, 5.74) is 5.97. The summed E-state index contributed by atoms with van der Waals surface area (Å²) < 4.78 is 1.75. The summed E-state index contributed by atoms with van der Waals surface area (Å²) >= 11 is 1.31. The number of benzene rings is 2. The molecule has 1 saturated carbocycles. The number of hydrogen-bond donors (Lipinski definition) is 2. The highest BCUT2D eigenvalue weighted by Crippen LogP contribution is 2.37. The van der Waals surface area contributed by atoms with Gasteiger partial charge in [0.2, 0.25) is 5.91 Å². The lowest BCUT2D eigenvalue weighted by molar-refractivity contribution is -0.113. The summed E-state index contributed by atoms with van der Waals surface area (Å²) in [6.45, 7) is 4.01. The standard InChI is InChI=1S/C25H24N4O2S/c1-15-8-11-20(16(2)12-15)27-21(30)14-32-25-28-22-19(17-6-4-3-5-7-17)13-26-23(22)24(31)29(25)18-9-10-18/h3-8,11-13,18,26H,9-10,14H2,1-2H3,(H,27,30). The molecular formula is C25H24N4O2S. The maximum atomic E-state index is 13.3. The van der Waals surface area contributed by atoms with Crippen LogP contribution in [0.5, 0.6) is 0 Å². The number of nitrogens with zero attached hydrogens (tertiary/aromatic N) is 2. The molecule has 0 radical (unpaired) electrons. The van der Waals surface area contributed by atoms with Gasteiger partial charge in [-0.2, -0.15) is 0 Å². The van der Waals surface area contributed by atoms with Crippen molar-refractivity contribution >= 4 is 34.4 Å². The van der Waals surface area contributed by atoms with Gasteiger partial charge in [0.05, 0.1) is 5.75 Å². The fraction of sp³-hybridized carbons (Fsp3) is 0.240. The number of rotatable bonds is 6. The van der Waals surface area contributed by atoms with Crippen LogP contribution in [0, 0.1) is 13.8 Å². The molecule has 1 amide bonds. The fourth-order valence-electron chi connectivity index (χ4n) is 3.92. The fourth-order valence-corrected chi connectivity index (χ4v) is 4.78. The zero-order valence-electron chi connectivity index (χ0n) is 18.0. The quantitative estimate of drug-likeness (QED) is 0.321. The maximum Gasteiger partial charge on any atom is 0.278 e. The van der Waals surface area contributed by atoms with E-state index in [0.717, 1.165) is 40.8 Å². The lowest BCUT2D eigenvalue weighted by Crippen LogP contribution is -2.23. The van der Waals surface area contributed by atoms with Gasteiger partial charge in [-0.15, -0.1) is 0 Å². The number of carbonyl (C=O) groups is 1. The number of hydrogen-bond acceptors (Lipinski definition) is 4. The van der Waals surface area contributed by atoms with Gasteiger partial charge in [0.25, 0.3) is 5.56 Å². The number of fused-ring (bicyclic) bond motifs is 1. The Bertz CT molecular complexity index is 1370. The highest BCUT2D eigenvalue weighted by Gasteiger charge is 2.29. The molecule has 0 saturated heterocycles. The smallest absolute Gasteiger partial charge is 0.278 e. The largest absolute Gasteiger partial charge is 0.355 e. The van der Waals surface area contributed by atoms with Crippen LogP contribution < -0.4 is 10.9 Å². The molecule has 162 valence electrons. The summed E-state index contributed by atoms with van der Waals surface area (Å²) in [7, 11) is 0. The van der Waals surface area contributed by atoms with Gasteiger partial charge in [-0.1, -0.05) is 59.8 Å². The molecule has 4 aromatic rings. The van der Waals surface area contributed by atoms with Crippen molar-refractivity contribution in [2.24, 2.45) is 0 Å². The Morgan fingerprint density at radius 1 is 1.19 bits per heavy atom. The van der Waals surface area contributed by atoms with E-state index in [1.54, 1.807) is 4.57 Å². The van der Waals surface area contributed by atoms with Crippen LogP contribution >= 0.6 is 11.8 Å².